The largest absolute Gasteiger partial charge is 0.359 e. The van der Waals surface area contributed by atoms with Crippen LogP contribution in [0.1, 0.15) is 26.7 Å². The van der Waals surface area contributed by atoms with Gasteiger partial charge in [-0.2, -0.15) is 0 Å². The Hall–Kier alpha value is -1.06. The fraction of sp³-hybridized carbons (Fsp3) is 0.800. The third-order valence-corrected chi connectivity index (χ3v) is 2.42. The van der Waals surface area contributed by atoms with Crippen molar-refractivity contribution in [1.82, 2.24) is 10.6 Å². The van der Waals surface area contributed by atoms with Gasteiger partial charge in [0.25, 0.3) is 0 Å². The first-order valence-electron chi connectivity index (χ1n) is 4.96. The van der Waals surface area contributed by atoms with Crippen molar-refractivity contribution in [2.75, 3.05) is 14.1 Å². The van der Waals surface area contributed by atoms with Crippen molar-refractivity contribution in [3.8, 4) is 0 Å². The molecule has 4 nitrogen and oxygen atoms in total. The summed E-state index contributed by atoms with van der Waals surface area (Å²) >= 11 is 0. The molecule has 2 N–H and O–H groups in total. The Morgan fingerprint density at radius 3 is 1.43 bits per heavy atom. The third-order valence-electron chi connectivity index (χ3n) is 2.42. The highest BCUT2D eigenvalue weighted by Crippen LogP contribution is 2.12. The van der Waals surface area contributed by atoms with Gasteiger partial charge in [-0.25, -0.2) is 0 Å². The number of hydrogen-bond acceptors (Lipinski definition) is 2. The predicted octanol–water partition coefficient (Wildman–Crippen LogP) is 0.531. The van der Waals surface area contributed by atoms with E-state index in [1.54, 1.807) is 14.1 Å². The minimum atomic E-state index is -0.0212. The minimum absolute atomic E-state index is 0.0212. The molecule has 0 aromatic rings. The predicted molar refractivity (Wildman–Crippen MR) is 55.7 cm³/mol. The normalized spacial score (nSPS) is 14.3. The van der Waals surface area contributed by atoms with Crippen molar-refractivity contribution >= 4 is 11.8 Å². The zero-order valence-corrected chi connectivity index (χ0v) is 9.39. The summed E-state index contributed by atoms with van der Waals surface area (Å²) in [5, 5.41) is 5.18. The van der Waals surface area contributed by atoms with Crippen LogP contribution in [-0.2, 0) is 9.59 Å². The van der Waals surface area contributed by atoms with Crippen LogP contribution < -0.4 is 10.6 Å². The van der Waals surface area contributed by atoms with Gasteiger partial charge in [-0.05, 0) is 12.8 Å². The van der Waals surface area contributed by atoms with E-state index in [2.05, 4.69) is 10.6 Å². The Bertz CT molecular complexity index is 182. The van der Waals surface area contributed by atoms with E-state index in [4.69, 9.17) is 0 Å². The van der Waals surface area contributed by atoms with Crippen LogP contribution >= 0.6 is 0 Å². The van der Waals surface area contributed by atoms with E-state index in [-0.39, 0.29) is 23.7 Å². The molecule has 0 fully saturated rings. The van der Waals surface area contributed by atoms with Crippen molar-refractivity contribution in [2.45, 2.75) is 26.7 Å². The van der Waals surface area contributed by atoms with Gasteiger partial charge in [-0.3, -0.25) is 9.59 Å². The second-order valence-electron chi connectivity index (χ2n) is 3.61. The average molecular weight is 200 g/mol. The second-order valence-corrected chi connectivity index (χ2v) is 3.61. The molecule has 2 amide bonds. The van der Waals surface area contributed by atoms with Crippen LogP contribution in [0.15, 0.2) is 0 Å². The van der Waals surface area contributed by atoms with Gasteiger partial charge in [-0.15, -0.1) is 0 Å². The van der Waals surface area contributed by atoms with E-state index >= 15 is 0 Å². The molecule has 0 aromatic carbocycles. The molecule has 0 aliphatic carbocycles. The van der Waals surface area contributed by atoms with Crippen LogP contribution in [-0.4, -0.2) is 25.9 Å². The molecule has 0 aromatic heterocycles. The molecule has 0 aliphatic rings. The Morgan fingerprint density at radius 2 is 1.21 bits per heavy atom. The summed E-state index contributed by atoms with van der Waals surface area (Å²) in [7, 11) is 3.25. The fourth-order valence-electron chi connectivity index (χ4n) is 1.25. The number of carbonyl (C=O) groups excluding carboxylic acids is 2. The SMILES string of the molecule is CNC(=O)C(C)CCC(C)C(=O)NC. The zero-order chi connectivity index (χ0) is 11.1. The molecule has 82 valence electrons. The number of hydrogen-bond donors (Lipinski definition) is 2. The van der Waals surface area contributed by atoms with Crippen LogP contribution in [0.2, 0.25) is 0 Å². The van der Waals surface area contributed by atoms with Crippen LogP contribution in [0.5, 0.6) is 0 Å². The molecular weight excluding hydrogens is 180 g/mol. The summed E-state index contributed by atoms with van der Waals surface area (Å²) in [6.45, 7) is 3.74. The first-order valence-corrected chi connectivity index (χ1v) is 4.96. The van der Waals surface area contributed by atoms with Crippen LogP contribution in [0.4, 0.5) is 0 Å². The monoisotopic (exact) mass is 200 g/mol. The molecule has 0 aliphatic heterocycles. The van der Waals surface area contributed by atoms with E-state index in [9.17, 15) is 9.59 Å². The maximum absolute atomic E-state index is 11.2. The van der Waals surface area contributed by atoms with Gasteiger partial charge in [0.15, 0.2) is 0 Å². The molecule has 0 rings (SSSR count). The van der Waals surface area contributed by atoms with Gasteiger partial charge in [0, 0.05) is 25.9 Å². The summed E-state index contributed by atoms with van der Waals surface area (Å²) in [5.74, 6) is 0.0300. The summed E-state index contributed by atoms with van der Waals surface area (Å²) < 4.78 is 0. The van der Waals surface area contributed by atoms with Crippen molar-refractivity contribution in [3.05, 3.63) is 0 Å². The lowest BCUT2D eigenvalue weighted by molar-refractivity contribution is -0.126. The lowest BCUT2D eigenvalue weighted by Crippen LogP contribution is -2.28. The second kappa shape index (κ2) is 6.40. The highest BCUT2D eigenvalue weighted by molar-refractivity contribution is 5.79. The Morgan fingerprint density at radius 1 is 0.929 bits per heavy atom. The maximum atomic E-state index is 11.2. The van der Waals surface area contributed by atoms with Crippen molar-refractivity contribution < 1.29 is 9.59 Å². The van der Waals surface area contributed by atoms with Gasteiger partial charge in [0.2, 0.25) is 11.8 Å². The molecule has 0 radical (unpaired) electrons. The molecular formula is C10H20N2O2. The Labute approximate surface area is 85.4 Å². The molecule has 4 heteroatoms. The van der Waals surface area contributed by atoms with Gasteiger partial charge in [0.05, 0.1) is 0 Å². The van der Waals surface area contributed by atoms with Crippen LogP contribution in [0.3, 0.4) is 0 Å². The standard InChI is InChI=1S/C10H20N2O2/c1-7(9(13)11-3)5-6-8(2)10(14)12-4/h7-8H,5-6H2,1-4H3,(H,11,13)(H,12,14). The lowest BCUT2D eigenvalue weighted by atomic mass is 9.97. The summed E-state index contributed by atoms with van der Waals surface area (Å²) in [5.41, 5.74) is 0. The smallest absolute Gasteiger partial charge is 0.222 e. The number of rotatable bonds is 5. The van der Waals surface area contributed by atoms with Crippen LogP contribution in [0, 0.1) is 11.8 Å². The summed E-state index contributed by atoms with van der Waals surface area (Å²) in [6, 6.07) is 0. The third kappa shape index (κ3) is 4.25. The molecule has 2 atom stereocenters. The van der Waals surface area contributed by atoms with Gasteiger partial charge < -0.3 is 10.6 Å². The average Bonchev–Trinajstić information content (AvgIpc) is 2.22. The van der Waals surface area contributed by atoms with E-state index in [0.29, 0.717) is 0 Å². The zero-order valence-electron chi connectivity index (χ0n) is 9.39. The van der Waals surface area contributed by atoms with Gasteiger partial charge >= 0.3 is 0 Å². The van der Waals surface area contributed by atoms with Crippen LogP contribution in [0.25, 0.3) is 0 Å². The first kappa shape index (κ1) is 12.9. The summed E-state index contributed by atoms with van der Waals surface area (Å²) in [6.07, 6.45) is 1.49. The highest BCUT2D eigenvalue weighted by atomic mass is 16.2. The molecule has 2 unspecified atom stereocenters. The quantitative estimate of drug-likeness (QED) is 0.680. The highest BCUT2D eigenvalue weighted by Gasteiger charge is 2.15. The molecule has 0 bridgehead atoms. The maximum Gasteiger partial charge on any atom is 0.222 e. The van der Waals surface area contributed by atoms with E-state index < -0.39 is 0 Å². The topological polar surface area (TPSA) is 58.2 Å². The molecule has 0 spiro atoms. The van der Waals surface area contributed by atoms with Crippen molar-refractivity contribution in [1.29, 1.82) is 0 Å². The van der Waals surface area contributed by atoms with E-state index in [1.165, 1.54) is 0 Å². The van der Waals surface area contributed by atoms with Gasteiger partial charge in [-0.1, -0.05) is 13.8 Å². The molecule has 14 heavy (non-hydrogen) atoms. The molecule has 0 saturated heterocycles. The molecule has 0 saturated carbocycles. The summed E-state index contributed by atoms with van der Waals surface area (Å²) in [4.78, 5) is 22.3. The lowest BCUT2D eigenvalue weighted by Gasteiger charge is -2.13. The van der Waals surface area contributed by atoms with E-state index in [1.807, 2.05) is 13.8 Å². The van der Waals surface area contributed by atoms with Gasteiger partial charge in [0.1, 0.15) is 0 Å². The van der Waals surface area contributed by atoms with E-state index in [0.717, 1.165) is 12.8 Å². The van der Waals surface area contributed by atoms with Crippen molar-refractivity contribution in [3.63, 3.8) is 0 Å². The number of nitrogens with one attached hydrogen (secondary N) is 2. The Kier molecular flexibility index (Phi) is 5.92. The fourth-order valence-corrected chi connectivity index (χ4v) is 1.25. The number of carbonyl (C=O) groups is 2. The first-order chi connectivity index (χ1) is 6.52. The number of amides is 2. The van der Waals surface area contributed by atoms with Crippen molar-refractivity contribution in [2.24, 2.45) is 11.8 Å². The molecule has 0 heterocycles. The Balaban J connectivity index is 3.82. The minimum Gasteiger partial charge on any atom is -0.359 e.